The molecule has 6 nitrogen and oxygen atoms in total. The minimum Gasteiger partial charge on any atom is -0.400 e. The first kappa shape index (κ1) is 29.5. The van der Waals surface area contributed by atoms with Crippen LogP contribution in [-0.4, -0.2) is 54.4 Å². The number of carbonyl (C=O) groups is 1. The van der Waals surface area contributed by atoms with Gasteiger partial charge in [0.1, 0.15) is 0 Å². The molecule has 0 unspecified atom stereocenters. The van der Waals surface area contributed by atoms with E-state index in [0.29, 0.717) is 18.8 Å². The van der Waals surface area contributed by atoms with Gasteiger partial charge in [0.05, 0.1) is 17.1 Å². The zero-order chi connectivity index (χ0) is 27.4. The van der Waals surface area contributed by atoms with Crippen LogP contribution in [-0.2, 0) is 4.79 Å². The number of aliphatic hydroxyl groups excluding tert-OH is 1. The van der Waals surface area contributed by atoms with Gasteiger partial charge in [-0.05, 0) is 62.6 Å². The lowest BCUT2D eigenvalue weighted by atomic mass is 10.0. The van der Waals surface area contributed by atoms with Crippen molar-refractivity contribution in [2.75, 3.05) is 26.7 Å². The molecule has 2 aromatic carbocycles. The molecule has 37 heavy (non-hydrogen) atoms. The maximum Gasteiger partial charge on any atom is 0.269 e. The second-order valence-corrected chi connectivity index (χ2v) is 9.09. The van der Waals surface area contributed by atoms with Crippen molar-refractivity contribution >= 4 is 17.3 Å². The molecule has 2 aromatic rings. The van der Waals surface area contributed by atoms with Gasteiger partial charge in [0.2, 0.25) is 0 Å². The molecule has 0 aliphatic carbocycles. The summed E-state index contributed by atoms with van der Waals surface area (Å²) in [6, 6.07) is 16.8. The Hall–Kier alpha value is -3.74. The number of allylic oxidation sites excluding steroid dienone is 5. The molecule has 2 aliphatic heterocycles. The first-order valence-corrected chi connectivity index (χ1v) is 12.4. The quantitative estimate of drug-likeness (QED) is 0.542. The summed E-state index contributed by atoms with van der Waals surface area (Å²) in [5.74, 6) is -0.159. The van der Waals surface area contributed by atoms with Crippen LogP contribution in [0.2, 0.25) is 0 Å². The first-order chi connectivity index (χ1) is 17.7. The van der Waals surface area contributed by atoms with Crippen LogP contribution in [0.1, 0.15) is 29.2 Å². The van der Waals surface area contributed by atoms with Gasteiger partial charge in [-0.1, -0.05) is 66.8 Å². The first-order valence-electron chi connectivity index (χ1n) is 12.4. The number of rotatable bonds is 3. The van der Waals surface area contributed by atoms with Crippen molar-refractivity contribution in [3.63, 3.8) is 0 Å². The number of nitrogens with two attached hydrogens (primary N) is 1. The number of amides is 1. The van der Waals surface area contributed by atoms with E-state index in [1.54, 1.807) is 11.0 Å². The van der Waals surface area contributed by atoms with E-state index in [1.165, 1.54) is 16.7 Å². The van der Waals surface area contributed by atoms with Crippen molar-refractivity contribution < 1.29 is 9.90 Å². The number of aryl methyl sites for hydroxylation is 3. The average Bonchev–Trinajstić information content (AvgIpc) is 3.08. The van der Waals surface area contributed by atoms with Crippen LogP contribution in [0.5, 0.6) is 0 Å². The van der Waals surface area contributed by atoms with Crippen LogP contribution >= 0.6 is 0 Å². The highest BCUT2D eigenvalue weighted by Crippen LogP contribution is 2.23. The topological polar surface area (TPSA) is 91.0 Å². The van der Waals surface area contributed by atoms with Gasteiger partial charge in [-0.2, -0.15) is 0 Å². The SMILES string of the molecule is C=C1C=CC=C(c2ccc(C)c(C)c2)N=C1/C=C(\N)C(=O)N1CCN[C@@H](C)C1.CO.Cc1ccccc1. The van der Waals surface area contributed by atoms with Crippen molar-refractivity contribution in [2.24, 2.45) is 10.7 Å². The van der Waals surface area contributed by atoms with E-state index in [2.05, 4.69) is 69.9 Å². The Morgan fingerprint density at radius 3 is 2.43 bits per heavy atom. The number of hydrogen-bond acceptors (Lipinski definition) is 5. The Balaban J connectivity index is 0.000000455. The number of aliphatic imine (C=N–C) groups is 1. The van der Waals surface area contributed by atoms with Crippen LogP contribution in [0.25, 0.3) is 5.70 Å². The molecule has 4 N–H and O–H groups in total. The molecule has 4 rings (SSSR count). The number of nitrogens with one attached hydrogen (secondary N) is 1. The molecule has 0 radical (unpaired) electrons. The van der Waals surface area contributed by atoms with Crippen LogP contribution in [0.4, 0.5) is 0 Å². The Morgan fingerprint density at radius 1 is 1.14 bits per heavy atom. The molecular weight excluding hydrogens is 460 g/mol. The van der Waals surface area contributed by atoms with Crippen LogP contribution in [0, 0.1) is 20.8 Å². The predicted molar refractivity (Wildman–Crippen MR) is 155 cm³/mol. The van der Waals surface area contributed by atoms with Gasteiger partial charge in [0.15, 0.2) is 0 Å². The summed E-state index contributed by atoms with van der Waals surface area (Å²) in [7, 11) is 1.00. The second-order valence-electron chi connectivity index (χ2n) is 9.09. The Bertz CT molecular complexity index is 1190. The molecule has 2 aliphatic rings. The van der Waals surface area contributed by atoms with E-state index in [0.717, 1.165) is 30.5 Å². The Kier molecular flexibility index (Phi) is 11.7. The number of piperazine rings is 1. The normalized spacial score (nSPS) is 17.4. The third-order valence-electron chi connectivity index (χ3n) is 6.06. The fourth-order valence-electron chi connectivity index (χ4n) is 3.81. The lowest BCUT2D eigenvalue weighted by Crippen LogP contribution is -2.52. The van der Waals surface area contributed by atoms with Gasteiger partial charge in [-0.3, -0.25) is 4.79 Å². The third kappa shape index (κ3) is 9.01. The van der Waals surface area contributed by atoms with E-state index in [-0.39, 0.29) is 17.6 Å². The molecule has 1 amide bonds. The molecule has 0 saturated carbocycles. The number of aliphatic hydroxyl groups is 1. The Morgan fingerprint density at radius 2 is 1.84 bits per heavy atom. The highest BCUT2D eigenvalue weighted by atomic mass is 16.2. The van der Waals surface area contributed by atoms with Crippen LogP contribution < -0.4 is 11.1 Å². The fraction of sp³-hybridized carbons (Fsp3) is 0.290. The standard InChI is InChI=1S/C23H28N4O.C7H8.CH4O/c1-15-8-9-19(12-17(15)3)21-7-5-6-16(2)22(26-21)13-20(24)23(28)27-11-10-25-18(4)14-27;1-7-5-3-2-4-6-7;1-2/h5-9,12-13,18,25H,2,10-11,14,24H2,1,3-4H3;2-6H,1H3;2H,1H3/b20-13-;;/t18-;;/m0../s1. The van der Waals surface area contributed by atoms with Gasteiger partial charge < -0.3 is 21.1 Å². The molecule has 0 bridgehead atoms. The summed E-state index contributed by atoms with van der Waals surface area (Å²) in [6.07, 6.45) is 7.40. The van der Waals surface area contributed by atoms with E-state index < -0.39 is 0 Å². The molecule has 1 saturated heterocycles. The summed E-state index contributed by atoms with van der Waals surface area (Å²) in [4.78, 5) is 19.3. The van der Waals surface area contributed by atoms with Crippen molar-refractivity contribution in [2.45, 2.75) is 33.7 Å². The van der Waals surface area contributed by atoms with Gasteiger partial charge in [0.25, 0.3) is 5.91 Å². The number of carbonyl (C=O) groups excluding carboxylic acids is 1. The minimum atomic E-state index is -0.159. The lowest BCUT2D eigenvalue weighted by Gasteiger charge is -2.31. The summed E-state index contributed by atoms with van der Waals surface area (Å²) >= 11 is 0. The predicted octanol–water partition coefficient (Wildman–Crippen LogP) is 4.48. The molecular formula is C31H40N4O2. The summed E-state index contributed by atoms with van der Waals surface area (Å²) in [5.41, 5.74) is 13.3. The van der Waals surface area contributed by atoms with Gasteiger partial charge in [-0.25, -0.2) is 4.99 Å². The van der Waals surface area contributed by atoms with E-state index >= 15 is 0 Å². The highest BCUT2D eigenvalue weighted by Gasteiger charge is 2.22. The monoisotopic (exact) mass is 500 g/mol. The van der Waals surface area contributed by atoms with Crippen molar-refractivity contribution in [3.8, 4) is 0 Å². The van der Waals surface area contributed by atoms with Gasteiger partial charge in [-0.15, -0.1) is 0 Å². The zero-order valence-electron chi connectivity index (χ0n) is 22.7. The van der Waals surface area contributed by atoms with Gasteiger partial charge >= 0.3 is 0 Å². The molecule has 1 atom stereocenters. The van der Waals surface area contributed by atoms with E-state index in [4.69, 9.17) is 15.8 Å². The maximum absolute atomic E-state index is 12.7. The van der Waals surface area contributed by atoms with Crippen molar-refractivity contribution in [3.05, 3.63) is 113 Å². The smallest absolute Gasteiger partial charge is 0.269 e. The molecule has 0 spiro atoms. The number of nitrogens with zero attached hydrogens (tertiary/aromatic N) is 2. The van der Waals surface area contributed by atoms with Crippen LogP contribution in [0.15, 0.2) is 95.7 Å². The number of hydrogen-bond donors (Lipinski definition) is 3. The van der Waals surface area contributed by atoms with Crippen molar-refractivity contribution in [1.82, 2.24) is 10.2 Å². The summed E-state index contributed by atoms with van der Waals surface area (Å²) in [5, 5.41) is 10.3. The number of benzene rings is 2. The van der Waals surface area contributed by atoms with Gasteiger partial charge in [0, 0.05) is 38.3 Å². The molecule has 196 valence electrons. The fourth-order valence-corrected chi connectivity index (χ4v) is 3.81. The molecule has 6 heteroatoms. The van der Waals surface area contributed by atoms with E-state index in [1.807, 2.05) is 36.4 Å². The third-order valence-corrected chi connectivity index (χ3v) is 6.06. The van der Waals surface area contributed by atoms with Crippen LogP contribution in [0.3, 0.4) is 0 Å². The molecule has 2 heterocycles. The molecule has 0 aromatic heterocycles. The minimum absolute atomic E-state index is 0.159. The second kappa shape index (κ2) is 14.7. The summed E-state index contributed by atoms with van der Waals surface area (Å²) in [6.45, 7) is 14.5. The Labute approximate surface area is 221 Å². The molecule has 1 fully saturated rings. The zero-order valence-corrected chi connectivity index (χ0v) is 22.7. The summed E-state index contributed by atoms with van der Waals surface area (Å²) < 4.78 is 0. The van der Waals surface area contributed by atoms with Crippen molar-refractivity contribution in [1.29, 1.82) is 0 Å². The van der Waals surface area contributed by atoms with E-state index in [9.17, 15) is 4.79 Å². The average molecular weight is 501 g/mol. The largest absolute Gasteiger partial charge is 0.400 e. The maximum atomic E-state index is 12.7. The highest BCUT2D eigenvalue weighted by molar-refractivity contribution is 6.15. The lowest BCUT2D eigenvalue weighted by molar-refractivity contribution is -0.128.